The highest BCUT2D eigenvalue weighted by Crippen LogP contribution is 2.18. The summed E-state index contributed by atoms with van der Waals surface area (Å²) in [6.45, 7) is 19.4. The topological polar surface area (TPSA) is 66.8 Å². The van der Waals surface area contributed by atoms with Crippen molar-refractivity contribution in [2.75, 3.05) is 6.61 Å². The Bertz CT molecular complexity index is 764. The van der Waals surface area contributed by atoms with Gasteiger partial charge in [-0.3, -0.25) is 4.79 Å². The van der Waals surface area contributed by atoms with Gasteiger partial charge in [-0.05, 0) is 63.0 Å². The minimum absolute atomic E-state index is 0.0363. The van der Waals surface area contributed by atoms with Gasteiger partial charge >= 0.3 is 5.97 Å². The second-order valence-electron chi connectivity index (χ2n) is 10.8. The lowest BCUT2D eigenvalue weighted by atomic mass is 9.97. The van der Waals surface area contributed by atoms with Crippen molar-refractivity contribution in [3.8, 4) is 11.8 Å². The molecule has 4 nitrogen and oxygen atoms in total. The summed E-state index contributed by atoms with van der Waals surface area (Å²) < 4.78 is 32.0. The molecule has 0 fully saturated rings. The monoisotopic (exact) mass is 512 g/mol. The first-order valence-electron chi connectivity index (χ1n) is 13.0. The summed E-state index contributed by atoms with van der Waals surface area (Å²) in [6.07, 6.45) is 5.91. The lowest BCUT2D eigenvalue weighted by Gasteiger charge is -2.15. The lowest BCUT2D eigenvalue weighted by Crippen LogP contribution is -2.23. The van der Waals surface area contributed by atoms with Crippen LogP contribution in [0, 0.1) is 40.9 Å². The first-order valence-corrected chi connectivity index (χ1v) is 13.0. The van der Waals surface area contributed by atoms with E-state index in [4.69, 9.17) is 4.74 Å². The highest BCUT2D eigenvalue weighted by atomic mass is 19.1. The van der Waals surface area contributed by atoms with Gasteiger partial charge in [0.25, 0.3) is 0 Å². The van der Waals surface area contributed by atoms with E-state index in [-0.39, 0.29) is 30.8 Å². The number of allylic oxidation sites excluding steroid dienone is 3. The van der Waals surface area contributed by atoms with Crippen LogP contribution in [0.2, 0.25) is 0 Å². The van der Waals surface area contributed by atoms with Crippen LogP contribution in [0.5, 0.6) is 0 Å². The third-order valence-corrected chi connectivity index (χ3v) is 5.58. The van der Waals surface area contributed by atoms with Crippen LogP contribution in [0.3, 0.4) is 0 Å². The SMILES string of the molecule is CC(C)[C@H](C)/C=C(/F)[C@@H](O)C#CCCOC(=O)C(C)(C)C.CCC/C=C\[C@H](O)/C(F)=C\[C@@H](C)C(C)C. The van der Waals surface area contributed by atoms with E-state index in [1.807, 2.05) is 54.5 Å². The number of halogens is 2. The van der Waals surface area contributed by atoms with E-state index in [2.05, 4.69) is 11.8 Å². The van der Waals surface area contributed by atoms with Gasteiger partial charge < -0.3 is 14.9 Å². The van der Waals surface area contributed by atoms with Crippen LogP contribution in [-0.2, 0) is 9.53 Å². The van der Waals surface area contributed by atoms with Crippen molar-refractivity contribution in [1.29, 1.82) is 0 Å². The number of rotatable bonds is 11. The van der Waals surface area contributed by atoms with Crippen molar-refractivity contribution in [3.05, 3.63) is 36.0 Å². The lowest BCUT2D eigenvalue weighted by molar-refractivity contribution is -0.152. The highest BCUT2D eigenvalue weighted by Gasteiger charge is 2.22. The number of hydrogen-bond acceptors (Lipinski definition) is 4. The molecule has 0 radical (unpaired) electrons. The van der Waals surface area contributed by atoms with Gasteiger partial charge in [0.05, 0.1) is 5.41 Å². The number of unbranched alkanes of at least 4 members (excludes halogenated alkanes) is 1. The molecule has 0 amide bonds. The minimum Gasteiger partial charge on any atom is -0.464 e. The van der Waals surface area contributed by atoms with Crippen LogP contribution in [-0.4, -0.2) is 35.0 Å². The Kier molecular flexibility index (Phi) is 19.3. The molecular weight excluding hydrogens is 462 g/mol. The van der Waals surface area contributed by atoms with Crippen molar-refractivity contribution in [3.63, 3.8) is 0 Å². The van der Waals surface area contributed by atoms with E-state index in [0.717, 1.165) is 12.8 Å². The Morgan fingerprint density at radius 1 is 0.944 bits per heavy atom. The quantitative estimate of drug-likeness (QED) is 0.132. The number of carbonyl (C=O) groups excluding carboxylic acids is 1. The van der Waals surface area contributed by atoms with Crippen molar-refractivity contribution >= 4 is 5.97 Å². The number of carbonyl (C=O) groups is 1. The van der Waals surface area contributed by atoms with Gasteiger partial charge in [-0.25, -0.2) is 8.78 Å². The van der Waals surface area contributed by atoms with Crippen LogP contribution < -0.4 is 0 Å². The van der Waals surface area contributed by atoms with Gasteiger partial charge in [0.1, 0.15) is 24.4 Å². The summed E-state index contributed by atoms with van der Waals surface area (Å²) in [5.74, 6) is 4.53. The highest BCUT2D eigenvalue weighted by molar-refractivity contribution is 5.75. The zero-order chi connectivity index (χ0) is 28.5. The Morgan fingerprint density at radius 2 is 1.44 bits per heavy atom. The van der Waals surface area contributed by atoms with E-state index in [1.54, 1.807) is 20.8 Å². The molecule has 208 valence electrons. The molecule has 0 unspecified atom stereocenters. The molecule has 0 aromatic carbocycles. The molecule has 36 heavy (non-hydrogen) atoms. The maximum absolute atomic E-state index is 13.6. The third kappa shape index (κ3) is 18.3. The molecule has 0 aliphatic carbocycles. The van der Waals surface area contributed by atoms with Gasteiger partial charge in [0.2, 0.25) is 0 Å². The molecule has 4 atom stereocenters. The normalized spacial score (nSPS) is 16.1. The molecule has 0 heterocycles. The van der Waals surface area contributed by atoms with Gasteiger partial charge in [-0.15, -0.1) is 0 Å². The first kappa shape index (κ1) is 36.2. The molecule has 0 aromatic rings. The second-order valence-corrected chi connectivity index (χ2v) is 10.8. The van der Waals surface area contributed by atoms with E-state index in [1.165, 1.54) is 18.2 Å². The largest absolute Gasteiger partial charge is 0.464 e. The molecule has 0 saturated carbocycles. The predicted molar refractivity (Wildman–Crippen MR) is 145 cm³/mol. The Hall–Kier alpha value is -1.97. The molecule has 0 aliphatic rings. The molecule has 0 rings (SSSR count). The van der Waals surface area contributed by atoms with Crippen LogP contribution in [0.4, 0.5) is 8.78 Å². The average molecular weight is 513 g/mol. The molecule has 2 N–H and O–H groups in total. The maximum Gasteiger partial charge on any atom is 0.311 e. The van der Waals surface area contributed by atoms with Crippen LogP contribution in [0.25, 0.3) is 0 Å². The number of ether oxygens (including phenoxy) is 1. The summed E-state index contributed by atoms with van der Waals surface area (Å²) in [4.78, 5) is 11.5. The second kappa shape index (κ2) is 19.2. The van der Waals surface area contributed by atoms with Crippen molar-refractivity contribution < 1.29 is 28.5 Å². The number of aliphatic hydroxyl groups is 2. The van der Waals surface area contributed by atoms with Crippen LogP contribution >= 0.6 is 0 Å². The Balaban J connectivity index is 0. The summed E-state index contributed by atoms with van der Waals surface area (Å²) in [7, 11) is 0. The summed E-state index contributed by atoms with van der Waals surface area (Å²) in [5, 5.41) is 19.0. The van der Waals surface area contributed by atoms with E-state index in [0.29, 0.717) is 11.8 Å². The molecule has 0 aromatic heterocycles. The Morgan fingerprint density at radius 3 is 1.89 bits per heavy atom. The molecular formula is C30H50F2O4. The maximum atomic E-state index is 13.6. The van der Waals surface area contributed by atoms with Crippen molar-refractivity contribution in [2.45, 2.75) is 101 Å². The zero-order valence-corrected chi connectivity index (χ0v) is 24.1. The van der Waals surface area contributed by atoms with Crippen LogP contribution in [0.15, 0.2) is 36.0 Å². The average Bonchev–Trinajstić information content (AvgIpc) is 2.77. The van der Waals surface area contributed by atoms with Gasteiger partial charge in [0.15, 0.2) is 6.10 Å². The predicted octanol–water partition coefficient (Wildman–Crippen LogP) is 7.32. The van der Waals surface area contributed by atoms with Crippen LogP contribution in [0.1, 0.15) is 88.5 Å². The standard InChI is InChI=1S/C17H27FO3.C13H23FO/c1-12(2)13(3)11-14(18)15(19)9-7-8-10-21-16(20)17(4,5)6;1-5-6-7-8-13(15)12(14)9-11(4)10(2)3/h11-13,15,19H,8,10H2,1-6H3;7-11,13,15H,5-6H2,1-4H3/b14-11+;8-7-,12-9+/t13-,15+;11-,13+/m11/s1. The summed E-state index contributed by atoms with van der Waals surface area (Å²) in [6, 6.07) is 0. The Labute approximate surface area is 218 Å². The zero-order valence-electron chi connectivity index (χ0n) is 24.1. The fourth-order valence-corrected chi connectivity index (χ4v) is 2.21. The summed E-state index contributed by atoms with van der Waals surface area (Å²) >= 11 is 0. The third-order valence-electron chi connectivity index (χ3n) is 5.58. The smallest absolute Gasteiger partial charge is 0.311 e. The number of esters is 1. The van der Waals surface area contributed by atoms with Gasteiger partial charge in [0, 0.05) is 6.42 Å². The van der Waals surface area contributed by atoms with Gasteiger partial charge in [-0.1, -0.05) is 78.9 Å². The number of aliphatic hydroxyl groups excluding tert-OH is 2. The molecule has 0 aliphatic heterocycles. The molecule has 0 saturated heterocycles. The van der Waals surface area contributed by atoms with Gasteiger partial charge in [-0.2, -0.15) is 0 Å². The van der Waals surface area contributed by atoms with Crippen molar-refractivity contribution in [2.24, 2.45) is 29.1 Å². The van der Waals surface area contributed by atoms with E-state index < -0.39 is 29.3 Å². The summed E-state index contributed by atoms with van der Waals surface area (Å²) in [5.41, 5.74) is -0.547. The number of hydrogen-bond donors (Lipinski definition) is 2. The fourth-order valence-electron chi connectivity index (χ4n) is 2.21. The van der Waals surface area contributed by atoms with E-state index in [9.17, 15) is 23.8 Å². The van der Waals surface area contributed by atoms with E-state index >= 15 is 0 Å². The molecule has 0 spiro atoms. The fraction of sp³-hybridized carbons (Fsp3) is 0.700. The molecule has 6 heteroatoms. The molecule has 0 bridgehead atoms. The van der Waals surface area contributed by atoms with Crippen molar-refractivity contribution in [1.82, 2.24) is 0 Å². The first-order chi connectivity index (χ1) is 16.5. The minimum atomic E-state index is -1.41.